The standard InChI is InChI=1S/C15H23NO2/c1-5-8-13(18-4)11-12-9-7-10-15(17)16(3)14(12)6-2/h6,8,11H,5,7,9-10H2,1-4H3/b12-11-,13-8-,14-6?. The van der Waals surface area contributed by atoms with E-state index in [2.05, 4.69) is 6.92 Å². The normalized spacial score (nSPS) is 22.6. The van der Waals surface area contributed by atoms with Crippen LogP contribution < -0.4 is 0 Å². The van der Waals surface area contributed by atoms with Gasteiger partial charge in [-0.2, -0.15) is 0 Å². The molecule has 0 radical (unpaired) electrons. The summed E-state index contributed by atoms with van der Waals surface area (Å²) in [7, 11) is 3.52. The molecule has 1 rings (SSSR count). The molecule has 0 atom stereocenters. The molecule has 1 aliphatic rings. The van der Waals surface area contributed by atoms with Gasteiger partial charge in [-0.3, -0.25) is 4.79 Å². The molecule has 1 heterocycles. The van der Waals surface area contributed by atoms with Crippen LogP contribution in [0.3, 0.4) is 0 Å². The lowest BCUT2D eigenvalue weighted by Crippen LogP contribution is -2.24. The lowest BCUT2D eigenvalue weighted by molar-refractivity contribution is -0.127. The van der Waals surface area contributed by atoms with E-state index in [1.54, 1.807) is 12.0 Å². The summed E-state index contributed by atoms with van der Waals surface area (Å²) in [6.45, 7) is 4.05. The van der Waals surface area contributed by atoms with Crippen molar-refractivity contribution < 1.29 is 9.53 Å². The maximum atomic E-state index is 11.8. The third kappa shape index (κ3) is 3.49. The number of hydrogen-bond donors (Lipinski definition) is 0. The molecule has 0 aliphatic carbocycles. The third-order valence-corrected chi connectivity index (χ3v) is 3.13. The second-order valence-electron chi connectivity index (χ2n) is 4.37. The van der Waals surface area contributed by atoms with E-state index in [0.717, 1.165) is 30.7 Å². The van der Waals surface area contributed by atoms with Gasteiger partial charge in [-0.25, -0.2) is 0 Å². The molecule has 1 saturated heterocycles. The predicted octanol–water partition coefficient (Wildman–Crippen LogP) is 3.40. The molecule has 100 valence electrons. The monoisotopic (exact) mass is 249 g/mol. The van der Waals surface area contributed by atoms with Gasteiger partial charge in [0.2, 0.25) is 5.91 Å². The average Bonchev–Trinajstić information content (AvgIpc) is 2.49. The van der Waals surface area contributed by atoms with Crippen LogP contribution in [0.1, 0.15) is 39.5 Å². The van der Waals surface area contributed by atoms with Crippen LogP contribution in [0.25, 0.3) is 0 Å². The zero-order valence-corrected chi connectivity index (χ0v) is 11.8. The molecule has 0 aromatic heterocycles. The van der Waals surface area contributed by atoms with E-state index < -0.39 is 0 Å². The van der Waals surface area contributed by atoms with Crippen LogP contribution in [0.5, 0.6) is 0 Å². The molecule has 1 aliphatic heterocycles. The number of ether oxygens (including phenoxy) is 1. The minimum Gasteiger partial charge on any atom is -0.497 e. The molecule has 1 fully saturated rings. The molecule has 0 unspecified atom stereocenters. The smallest absolute Gasteiger partial charge is 0.226 e. The summed E-state index contributed by atoms with van der Waals surface area (Å²) >= 11 is 0. The van der Waals surface area contributed by atoms with Crippen molar-refractivity contribution in [3.05, 3.63) is 35.3 Å². The number of nitrogens with zero attached hydrogens (tertiary/aromatic N) is 1. The number of carbonyl (C=O) groups excluding carboxylic acids is 1. The zero-order valence-electron chi connectivity index (χ0n) is 11.8. The van der Waals surface area contributed by atoms with Crippen LogP contribution >= 0.6 is 0 Å². The second kappa shape index (κ2) is 7.04. The van der Waals surface area contributed by atoms with Crippen LogP contribution in [0.2, 0.25) is 0 Å². The second-order valence-corrected chi connectivity index (χ2v) is 4.37. The van der Waals surface area contributed by atoms with Gasteiger partial charge >= 0.3 is 0 Å². The number of hydrogen-bond acceptors (Lipinski definition) is 2. The molecule has 0 spiro atoms. The van der Waals surface area contributed by atoms with Crippen LogP contribution in [-0.2, 0) is 9.53 Å². The van der Waals surface area contributed by atoms with Gasteiger partial charge in [0.25, 0.3) is 0 Å². The molecular formula is C15H23NO2. The first-order valence-electron chi connectivity index (χ1n) is 6.52. The van der Waals surface area contributed by atoms with Crippen LogP contribution in [0.15, 0.2) is 35.3 Å². The Hall–Kier alpha value is -1.51. The first-order chi connectivity index (χ1) is 8.63. The number of methoxy groups -OCH3 is 1. The SMILES string of the molecule is CC=C1/C(=C\C(=C\CC)OC)CCCC(=O)N1C. The fourth-order valence-corrected chi connectivity index (χ4v) is 2.17. The molecule has 18 heavy (non-hydrogen) atoms. The van der Waals surface area contributed by atoms with Crippen molar-refractivity contribution in [2.45, 2.75) is 39.5 Å². The van der Waals surface area contributed by atoms with Crippen molar-refractivity contribution in [3.63, 3.8) is 0 Å². The Morgan fingerprint density at radius 1 is 1.44 bits per heavy atom. The number of rotatable bonds is 3. The Bertz CT molecular complexity index is 391. The number of carbonyl (C=O) groups is 1. The third-order valence-electron chi connectivity index (χ3n) is 3.13. The minimum absolute atomic E-state index is 0.185. The predicted molar refractivity (Wildman–Crippen MR) is 73.8 cm³/mol. The average molecular weight is 249 g/mol. The van der Waals surface area contributed by atoms with Crippen LogP contribution in [-0.4, -0.2) is 25.0 Å². The van der Waals surface area contributed by atoms with E-state index in [1.807, 2.05) is 32.2 Å². The zero-order chi connectivity index (χ0) is 13.5. The fraction of sp³-hybridized carbons (Fsp3) is 0.533. The fourth-order valence-electron chi connectivity index (χ4n) is 2.17. The highest BCUT2D eigenvalue weighted by atomic mass is 16.5. The lowest BCUT2D eigenvalue weighted by Gasteiger charge is -2.19. The number of amides is 1. The van der Waals surface area contributed by atoms with E-state index in [9.17, 15) is 4.79 Å². The molecule has 0 saturated carbocycles. The number of likely N-dealkylation sites (tertiary alicyclic amines) is 1. The van der Waals surface area contributed by atoms with Crippen LogP contribution in [0, 0.1) is 0 Å². The summed E-state index contributed by atoms with van der Waals surface area (Å²) in [6.07, 6.45) is 9.46. The largest absolute Gasteiger partial charge is 0.497 e. The topological polar surface area (TPSA) is 29.5 Å². The summed E-state index contributed by atoms with van der Waals surface area (Å²) in [6, 6.07) is 0. The summed E-state index contributed by atoms with van der Waals surface area (Å²) in [5.74, 6) is 1.06. The first kappa shape index (κ1) is 14.6. The van der Waals surface area contributed by atoms with Crippen molar-refractivity contribution in [1.29, 1.82) is 0 Å². The van der Waals surface area contributed by atoms with Crippen LogP contribution in [0.4, 0.5) is 0 Å². The maximum Gasteiger partial charge on any atom is 0.226 e. The summed E-state index contributed by atoms with van der Waals surface area (Å²) in [4.78, 5) is 13.6. The Labute approximate surface area is 110 Å². The van der Waals surface area contributed by atoms with Gasteiger partial charge in [0.05, 0.1) is 7.11 Å². The Morgan fingerprint density at radius 3 is 2.72 bits per heavy atom. The Balaban J connectivity index is 3.08. The summed E-state index contributed by atoms with van der Waals surface area (Å²) in [5, 5.41) is 0. The quantitative estimate of drug-likeness (QED) is 0.717. The van der Waals surface area contributed by atoms with Crippen molar-refractivity contribution in [2.24, 2.45) is 0 Å². The minimum atomic E-state index is 0.185. The molecular weight excluding hydrogens is 226 g/mol. The molecule has 0 aromatic carbocycles. The van der Waals surface area contributed by atoms with Gasteiger partial charge in [0.15, 0.2) is 0 Å². The van der Waals surface area contributed by atoms with Gasteiger partial charge in [0, 0.05) is 19.2 Å². The maximum absolute atomic E-state index is 11.8. The molecule has 0 aromatic rings. The van der Waals surface area contributed by atoms with Gasteiger partial charge in [-0.15, -0.1) is 0 Å². The van der Waals surface area contributed by atoms with E-state index >= 15 is 0 Å². The summed E-state index contributed by atoms with van der Waals surface area (Å²) < 4.78 is 5.34. The van der Waals surface area contributed by atoms with E-state index in [0.29, 0.717) is 6.42 Å². The van der Waals surface area contributed by atoms with E-state index in [1.165, 1.54) is 5.57 Å². The molecule has 0 N–H and O–H groups in total. The first-order valence-corrected chi connectivity index (χ1v) is 6.52. The van der Waals surface area contributed by atoms with E-state index in [4.69, 9.17) is 4.74 Å². The lowest BCUT2D eigenvalue weighted by atomic mass is 10.1. The highest BCUT2D eigenvalue weighted by Crippen LogP contribution is 2.26. The highest BCUT2D eigenvalue weighted by Gasteiger charge is 2.20. The van der Waals surface area contributed by atoms with Gasteiger partial charge in [-0.05, 0) is 43.9 Å². The van der Waals surface area contributed by atoms with Crippen molar-refractivity contribution in [2.75, 3.05) is 14.2 Å². The van der Waals surface area contributed by atoms with Gasteiger partial charge < -0.3 is 9.64 Å². The number of allylic oxidation sites excluding steroid dienone is 4. The molecule has 3 nitrogen and oxygen atoms in total. The molecule has 0 bridgehead atoms. The van der Waals surface area contributed by atoms with Crippen molar-refractivity contribution in [3.8, 4) is 0 Å². The molecule has 1 amide bonds. The Morgan fingerprint density at radius 2 is 2.17 bits per heavy atom. The van der Waals surface area contributed by atoms with Crippen molar-refractivity contribution in [1.82, 2.24) is 4.90 Å². The van der Waals surface area contributed by atoms with Gasteiger partial charge in [-0.1, -0.05) is 13.0 Å². The number of likely N-dealkylation sites (N-methyl/N-ethyl adjacent to an activating group) is 1. The van der Waals surface area contributed by atoms with Gasteiger partial charge in [0.1, 0.15) is 5.76 Å². The van der Waals surface area contributed by atoms with E-state index in [-0.39, 0.29) is 5.91 Å². The molecule has 3 heteroatoms. The van der Waals surface area contributed by atoms with Crippen molar-refractivity contribution >= 4 is 5.91 Å². The highest BCUT2D eigenvalue weighted by molar-refractivity contribution is 5.79. The summed E-state index contributed by atoms with van der Waals surface area (Å²) in [5.41, 5.74) is 2.17. The Kier molecular flexibility index (Phi) is 5.69.